The van der Waals surface area contributed by atoms with Crippen molar-refractivity contribution in [3.8, 4) is 0 Å². The van der Waals surface area contributed by atoms with E-state index >= 15 is 0 Å². The maximum absolute atomic E-state index is 3.97. The van der Waals surface area contributed by atoms with E-state index in [1.165, 1.54) is 40.5 Å². The van der Waals surface area contributed by atoms with Crippen LogP contribution in [0.15, 0.2) is 60.7 Å². The van der Waals surface area contributed by atoms with Crippen LogP contribution >= 0.6 is 8.70 Å². The molecule has 0 fully saturated rings. The molecule has 8 heteroatoms. The Morgan fingerprint density at radius 2 is 1.07 bits per heavy atom. The van der Waals surface area contributed by atoms with Gasteiger partial charge in [-0.15, -0.1) is 0 Å². The molecule has 0 bridgehead atoms. The van der Waals surface area contributed by atoms with Gasteiger partial charge in [-0.25, -0.2) is 0 Å². The van der Waals surface area contributed by atoms with E-state index in [1.807, 2.05) is 0 Å². The molecule has 2 unspecified atom stereocenters. The summed E-state index contributed by atoms with van der Waals surface area (Å²) in [5, 5.41) is 10.9. The van der Waals surface area contributed by atoms with E-state index in [-0.39, 0.29) is 0 Å². The Hall–Kier alpha value is 1.30. The van der Waals surface area contributed by atoms with Crippen molar-refractivity contribution < 1.29 is 0 Å². The summed E-state index contributed by atoms with van der Waals surface area (Å²) in [6.07, 6.45) is 4.98. The fraction of sp³-hybridized carbons (Fsp3) is 0.429. The van der Waals surface area contributed by atoms with Gasteiger partial charge >= 0.3 is 206 Å². The van der Waals surface area contributed by atoms with Crippen molar-refractivity contribution >= 4 is 78.5 Å². The third-order valence-electron chi connectivity index (χ3n) is 4.36. The van der Waals surface area contributed by atoms with Crippen LogP contribution in [0, 0.1) is 0 Å². The van der Waals surface area contributed by atoms with E-state index in [2.05, 4.69) is 115 Å². The van der Waals surface area contributed by atoms with Gasteiger partial charge in [0.05, 0.1) is 0 Å². The Morgan fingerprint density at radius 1 is 0.690 bits per heavy atom. The van der Waals surface area contributed by atoms with E-state index < -0.39 is 8.70 Å². The van der Waals surface area contributed by atoms with Crippen LogP contribution in [0.4, 0.5) is 0 Å². The molecule has 0 aliphatic carbocycles. The first-order chi connectivity index (χ1) is 14.0. The van der Waals surface area contributed by atoms with Crippen LogP contribution in [-0.4, -0.2) is 72.3 Å². The number of hydrogen-bond donors (Lipinski definition) is 2. The van der Waals surface area contributed by atoms with Crippen LogP contribution in [0.2, 0.25) is 4.22 Å². The molecule has 0 aliphatic heterocycles. The van der Waals surface area contributed by atoms with Crippen LogP contribution in [0.5, 0.6) is 0 Å². The fourth-order valence-electron chi connectivity index (χ4n) is 2.65. The van der Waals surface area contributed by atoms with Gasteiger partial charge in [-0.05, 0) is 0 Å². The van der Waals surface area contributed by atoms with Gasteiger partial charge in [0, 0.05) is 0 Å². The van der Waals surface area contributed by atoms with Gasteiger partial charge in [-0.3, -0.25) is 0 Å². The molecule has 2 atom stereocenters. The monoisotopic (exact) mass is 694 g/mol. The van der Waals surface area contributed by atoms with Crippen LogP contribution in [0.25, 0.3) is 0 Å². The van der Waals surface area contributed by atoms with Crippen molar-refractivity contribution in [2.45, 2.75) is 43.7 Å². The van der Waals surface area contributed by atoms with E-state index in [4.69, 9.17) is 0 Å². The minimum atomic E-state index is -1.38. The average Bonchev–Trinajstić information content (AvgIpc) is 2.75. The predicted molar refractivity (Wildman–Crippen MR) is 140 cm³/mol. The van der Waals surface area contributed by atoms with Gasteiger partial charge in [0.2, 0.25) is 0 Å². The molecular formula is C21H32N2P2Se4. The second-order valence-electron chi connectivity index (χ2n) is 6.67. The molecular weight excluding hydrogens is 658 g/mol. The number of nitrogens with one attached hydrogen (secondary N) is 2. The molecule has 0 spiro atoms. The normalized spacial score (nSPS) is 15.5. The van der Waals surface area contributed by atoms with Gasteiger partial charge in [0.15, 0.2) is 0 Å². The molecule has 160 valence electrons. The quantitative estimate of drug-likeness (QED) is 0.178. The summed E-state index contributed by atoms with van der Waals surface area (Å²) in [6, 6.07) is 22.3. The average molecular weight is 690 g/mol. The second-order valence-corrected chi connectivity index (χ2v) is 38.2. The summed E-state index contributed by atoms with van der Waals surface area (Å²) in [4.78, 5) is 0. The van der Waals surface area contributed by atoms with E-state index in [9.17, 15) is 0 Å². The molecule has 2 nitrogen and oxygen atoms in total. The standard InChI is InChI=1S/C21H32N2P2Se4/c1-3-5-17-22-24(26,20-13-9-7-10-14-20)28-19-29-25(27,23-18-6-4-2)21-15-11-8-12-16-21/h7-16H,3-6,17-19H2,1-2H3,(H,22,26)(H,23,27). The Balaban J connectivity index is 2.11. The van der Waals surface area contributed by atoms with Crippen molar-refractivity contribution in [3.05, 3.63) is 60.7 Å². The van der Waals surface area contributed by atoms with Crippen molar-refractivity contribution in [2.24, 2.45) is 0 Å². The molecule has 0 saturated heterocycles. The number of benzene rings is 2. The zero-order valence-corrected chi connectivity index (χ0v) is 25.9. The molecule has 0 heterocycles. The molecule has 0 aromatic heterocycles. The third kappa shape index (κ3) is 8.98. The molecule has 0 radical (unpaired) electrons. The topological polar surface area (TPSA) is 24.1 Å². The molecule has 2 rings (SSSR count). The summed E-state index contributed by atoms with van der Waals surface area (Å²) >= 11 is 8.44. The van der Waals surface area contributed by atoms with Crippen LogP contribution in [0.3, 0.4) is 0 Å². The minimum absolute atomic E-state index is 0.554. The van der Waals surface area contributed by atoms with Gasteiger partial charge in [0.25, 0.3) is 0 Å². The molecule has 0 saturated carbocycles. The number of unbranched alkanes of at least 4 members (excludes halogenated alkanes) is 2. The van der Waals surface area contributed by atoms with E-state index in [0.29, 0.717) is 29.0 Å². The predicted octanol–water partition coefficient (Wildman–Crippen LogP) is 4.06. The van der Waals surface area contributed by atoms with Gasteiger partial charge in [-0.1, -0.05) is 0 Å². The van der Waals surface area contributed by atoms with Gasteiger partial charge in [-0.2, -0.15) is 0 Å². The number of rotatable bonds is 14. The van der Waals surface area contributed by atoms with Crippen LogP contribution < -0.4 is 20.8 Å². The van der Waals surface area contributed by atoms with E-state index in [1.54, 1.807) is 0 Å². The zero-order chi connectivity index (χ0) is 21.0. The van der Waals surface area contributed by atoms with Crippen LogP contribution in [-0.2, 0) is 0 Å². The first kappa shape index (κ1) is 26.5. The molecule has 29 heavy (non-hydrogen) atoms. The maximum atomic E-state index is 3.97. The molecule has 2 aromatic carbocycles. The summed E-state index contributed by atoms with van der Waals surface area (Å²) in [6.45, 7) is 6.77. The Labute approximate surface area is 204 Å². The summed E-state index contributed by atoms with van der Waals surface area (Å²) in [5.74, 6) is 0. The number of hydrogen-bond acceptors (Lipinski definition) is 2. The van der Waals surface area contributed by atoms with Crippen molar-refractivity contribution in [1.82, 2.24) is 10.2 Å². The first-order valence-corrected chi connectivity index (χ1v) is 25.0. The van der Waals surface area contributed by atoms with Crippen molar-refractivity contribution in [3.63, 3.8) is 0 Å². The summed E-state index contributed by atoms with van der Waals surface area (Å²) in [7, 11) is 0. The first-order valence-electron chi connectivity index (χ1n) is 10.1. The fourth-order valence-corrected chi connectivity index (χ4v) is 46.1. The third-order valence-corrected chi connectivity index (χ3v) is 36.8. The molecule has 0 amide bonds. The zero-order valence-electron chi connectivity index (χ0n) is 17.3. The molecule has 0 aliphatic rings. The Morgan fingerprint density at radius 3 is 1.41 bits per heavy atom. The van der Waals surface area contributed by atoms with E-state index in [0.717, 1.165) is 13.1 Å². The Bertz CT molecular complexity index is 735. The van der Waals surface area contributed by atoms with Gasteiger partial charge in [0.1, 0.15) is 0 Å². The second kappa shape index (κ2) is 14.4. The van der Waals surface area contributed by atoms with Crippen molar-refractivity contribution in [2.75, 3.05) is 13.1 Å². The summed E-state index contributed by atoms with van der Waals surface area (Å²) < 4.78 is -1.43. The van der Waals surface area contributed by atoms with Gasteiger partial charge < -0.3 is 0 Å². The molecule has 2 aromatic rings. The van der Waals surface area contributed by atoms with Crippen molar-refractivity contribution in [1.29, 1.82) is 0 Å². The summed E-state index contributed by atoms with van der Waals surface area (Å²) in [5.41, 5.74) is 0. The SMILES string of the molecule is CCCCNP(=[Se])([Se]C[Se]P(=[Se])(NCCCC)c1ccccc1)c1ccccc1. The van der Waals surface area contributed by atoms with Crippen LogP contribution in [0.1, 0.15) is 39.5 Å². The Kier molecular flexibility index (Phi) is 13.2. The molecule has 2 N–H and O–H groups in total.